The second kappa shape index (κ2) is 4.32. The van der Waals surface area contributed by atoms with E-state index in [-0.39, 0.29) is 17.3 Å². The number of benzene rings is 1. The Kier molecular flexibility index (Phi) is 3.12. The molecule has 1 aromatic rings. The van der Waals surface area contributed by atoms with Crippen molar-refractivity contribution in [2.24, 2.45) is 0 Å². The van der Waals surface area contributed by atoms with Crippen LogP contribution in [-0.2, 0) is 0 Å². The highest BCUT2D eigenvalue weighted by Crippen LogP contribution is 2.26. The quantitative estimate of drug-likeness (QED) is 0.436. The molecule has 0 radical (unpaired) electrons. The van der Waals surface area contributed by atoms with Gasteiger partial charge in [-0.1, -0.05) is 0 Å². The Labute approximate surface area is 81.1 Å². The number of methoxy groups -OCH3 is 1. The van der Waals surface area contributed by atoms with Crippen LogP contribution in [0.4, 0.5) is 0 Å². The summed E-state index contributed by atoms with van der Waals surface area (Å²) in [5.74, 6) is -0.162. The Morgan fingerprint density at radius 2 is 2.21 bits per heavy atom. The second-order valence-corrected chi connectivity index (χ2v) is 2.57. The first-order valence-corrected chi connectivity index (χ1v) is 3.91. The lowest BCUT2D eigenvalue weighted by Crippen LogP contribution is -1.95. The number of carbonyl (C=O) groups is 1. The smallest absolute Gasteiger partial charge is 0.189 e. The Bertz CT molecular complexity index is 368. The third kappa shape index (κ3) is 2.04. The number of phenols is 1. The third-order valence-corrected chi connectivity index (χ3v) is 1.69. The maximum absolute atomic E-state index is 11.2. The lowest BCUT2D eigenvalue weighted by Gasteiger charge is -2.03. The molecule has 14 heavy (non-hydrogen) atoms. The van der Waals surface area contributed by atoms with Crippen molar-refractivity contribution in [2.75, 3.05) is 7.11 Å². The topological polar surface area (TPSA) is 66.8 Å². The largest absolute Gasteiger partial charge is 0.515 e. The molecule has 1 rings (SSSR count). The zero-order valence-electron chi connectivity index (χ0n) is 7.60. The zero-order valence-corrected chi connectivity index (χ0v) is 7.60. The van der Waals surface area contributed by atoms with Crippen molar-refractivity contribution < 1.29 is 19.7 Å². The lowest BCUT2D eigenvalue weighted by molar-refractivity contribution is 0.104. The first-order chi connectivity index (χ1) is 6.69. The summed E-state index contributed by atoms with van der Waals surface area (Å²) in [6, 6.07) is 4.20. The molecule has 0 atom stereocenters. The van der Waals surface area contributed by atoms with Crippen molar-refractivity contribution in [1.29, 1.82) is 0 Å². The van der Waals surface area contributed by atoms with Gasteiger partial charge in [0.05, 0.1) is 13.4 Å². The van der Waals surface area contributed by atoms with Crippen LogP contribution in [0.15, 0.2) is 30.5 Å². The number of ether oxygens (including phenoxy) is 1. The maximum Gasteiger partial charge on any atom is 0.189 e. The molecule has 0 aliphatic rings. The SMILES string of the molecule is COc1cc(C(=O)C=CO)ccc1O. The zero-order chi connectivity index (χ0) is 10.6. The van der Waals surface area contributed by atoms with E-state index in [1.54, 1.807) is 0 Å². The van der Waals surface area contributed by atoms with E-state index in [0.717, 1.165) is 6.08 Å². The second-order valence-electron chi connectivity index (χ2n) is 2.57. The van der Waals surface area contributed by atoms with E-state index in [4.69, 9.17) is 9.84 Å². The van der Waals surface area contributed by atoms with E-state index in [1.165, 1.54) is 25.3 Å². The fourth-order valence-electron chi connectivity index (χ4n) is 0.995. The molecule has 0 amide bonds. The molecule has 0 fully saturated rings. The monoisotopic (exact) mass is 194 g/mol. The summed E-state index contributed by atoms with van der Waals surface area (Å²) in [7, 11) is 1.39. The lowest BCUT2D eigenvalue weighted by atomic mass is 10.1. The van der Waals surface area contributed by atoms with Gasteiger partial charge >= 0.3 is 0 Å². The Morgan fingerprint density at radius 3 is 2.79 bits per heavy atom. The summed E-state index contributed by atoms with van der Waals surface area (Å²) in [6.45, 7) is 0. The van der Waals surface area contributed by atoms with Crippen LogP contribution in [0.2, 0.25) is 0 Å². The molecule has 2 N–H and O–H groups in total. The fourth-order valence-corrected chi connectivity index (χ4v) is 0.995. The van der Waals surface area contributed by atoms with Crippen LogP contribution in [0, 0.1) is 0 Å². The molecule has 0 saturated heterocycles. The molecule has 0 saturated carbocycles. The minimum atomic E-state index is -0.356. The van der Waals surface area contributed by atoms with Gasteiger partial charge in [0.25, 0.3) is 0 Å². The van der Waals surface area contributed by atoms with Crippen LogP contribution in [0.25, 0.3) is 0 Å². The Balaban J connectivity index is 3.06. The highest BCUT2D eigenvalue weighted by Gasteiger charge is 2.06. The first-order valence-electron chi connectivity index (χ1n) is 3.91. The number of phenolic OH excluding ortho intramolecular Hbond substituents is 1. The molecule has 0 spiro atoms. The molecule has 4 heteroatoms. The number of hydrogen-bond donors (Lipinski definition) is 2. The molecular weight excluding hydrogens is 184 g/mol. The number of allylic oxidation sites excluding steroid dienone is 1. The average molecular weight is 194 g/mol. The number of ketones is 1. The summed E-state index contributed by atoms with van der Waals surface area (Å²) >= 11 is 0. The van der Waals surface area contributed by atoms with Crippen LogP contribution in [0.1, 0.15) is 10.4 Å². The molecule has 0 unspecified atom stereocenters. The number of aromatic hydroxyl groups is 1. The van der Waals surface area contributed by atoms with Crippen LogP contribution < -0.4 is 4.74 Å². The van der Waals surface area contributed by atoms with Crippen LogP contribution in [0.3, 0.4) is 0 Å². The number of rotatable bonds is 3. The summed E-state index contributed by atoms with van der Waals surface area (Å²) in [6.07, 6.45) is 1.69. The van der Waals surface area contributed by atoms with Crippen molar-refractivity contribution in [3.63, 3.8) is 0 Å². The standard InChI is InChI=1S/C10H10O4/c1-14-10-6-7(2-3-9(10)13)8(12)4-5-11/h2-6,11,13H,1H3. The Morgan fingerprint density at radius 1 is 1.50 bits per heavy atom. The summed E-state index contributed by atoms with van der Waals surface area (Å²) in [4.78, 5) is 11.2. The summed E-state index contributed by atoms with van der Waals surface area (Å²) in [5, 5.41) is 17.6. The van der Waals surface area contributed by atoms with E-state index in [2.05, 4.69) is 0 Å². The van der Waals surface area contributed by atoms with Gasteiger partial charge in [0.15, 0.2) is 17.3 Å². The van der Waals surface area contributed by atoms with E-state index in [0.29, 0.717) is 11.8 Å². The van der Waals surface area contributed by atoms with E-state index < -0.39 is 0 Å². The predicted molar refractivity (Wildman–Crippen MR) is 50.8 cm³/mol. The van der Waals surface area contributed by atoms with Gasteiger partial charge in [-0.2, -0.15) is 0 Å². The highest BCUT2D eigenvalue weighted by atomic mass is 16.5. The highest BCUT2D eigenvalue weighted by molar-refractivity contribution is 6.04. The molecule has 1 aromatic carbocycles. The normalized spacial score (nSPS) is 10.4. The van der Waals surface area contributed by atoms with Gasteiger partial charge in [-0.3, -0.25) is 4.79 Å². The predicted octanol–water partition coefficient (Wildman–Crippen LogP) is 1.66. The van der Waals surface area contributed by atoms with E-state index in [1.807, 2.05) is 0 Å². The molecule has 0 aromatic heterocycles. The fraction of sp³-hybridized carbons (Fsp3) is 0.100. The van der Waals surface area contributed by atoms with Crippen molar-refractivity contribution in [1.82, 2.24) is 0 Å². The van der Waals surface area contributed by atoms with Crippen LogP contribution >= 0.6 is 0 Å². The molecule has 74 valence electrons. The third-order valence-electron chi connectivity index (χ3n) is 1.69. The van der Waals surface area contributed by atoms with E-state index >= 15 is 0 Å². The molecular formula is C10H10O4. The minimum Gasteiger partial charge on any atom is -0.515 e. The van der Waals surface area contributed by atoms with Gasteiger partial charge in [0.1, 0.15) is 0 Å². The van der Waals surface area contributed by atoms with Crippen LogP contribution in [-0.4, -0.2) is 23.1 Å². The van der Waals surface area contributed by atoms with Gasteiger partial charge in [0, 0.05) is 11.6 Å². The summed E-state index contributed by atoms with van der Waals surface area (Å²) < 4.78 is 4.83. The van der Waals surface area contributed by atoms with Gasteiger partial charge in [-0.15, -0.1) is 0 Å². The maximum atomic E-state index is 11.2. The van der Waals surface area contributed by atoms with Crippen molar-refractivity contribution in [3.05, 3.63) is 36.1 Å². The Hall–Kier alpha value is -1.97. The molecule has 0 bridgehead atoms. The van der Waals surface area contributed by atoms with Gasteiger partial charge < -0.3 is 14.9 Å². The molecule has 4 nitrogen and oxygen atoms in total. The molecule has 0 heterocycles. The van der Waals surface area contributed by atoms with Gasteiger partial charge in [-0.05, 0) is 18.2 Å². The number of carbonyl (C=O) groups excluding carboxylic acids is 1. The van der Waals surface area contributed by atoms with Crippen molar-refractivity contribution >= 4 is 5.78 Å². The summed E-state index contributed by atoms with van der Waals surface area (Å²) in [5.41, 5.74) is 0.338. The number of aliphatic hydroxyl groups is 1. The van der Waals surface area contributed by atoms with Crippen molar-refractivity contribution in [2.45, 2.75) is 0 Å². The number of hydrogen-bond acceptors (Lipinski definition) is 4. The first kappa shape index (κ1) is 10.1. The minimum absolute atomic E-state index is 0.0305. The van der Waals surface area contributed by atoms with Crippen LogP contribution in [0.5, 0.6) is 11.5 Å². The van der Waals surface area contributed by atoms with Gasteiger partial charge in [0.2, 0.25) is 0 Å². The molecule has 0 aliphatic carbocycles. The van der Waals surface area contributed by atoms with E-state index in [9.17, 15) is 9.90 Å². The molecule has 0 aliphatic heterocycles. The average Bonchev–Trinajstić information content (AvgIpc) is 2.19. The van der Waals surface area contributed by atoms with Crippen molar-refractivity contribution in [3.8, 4) is 11.5 Å². The number of aliphatic hydroxyl groups excluding tert-OH is 1. The van der Waals surface area contributed by atoms with Gasteiger partial charge in [-0.25, -0.2) is 0 Å².